The standard InChI is InChI=1S/C11H12N2O2/c1-6-3-8(4-7(2)10(6)15)11-12-5-9(14)13-11/h3-4,15H,5H2,1-2H3,(H,12,13,14). The van der Waals surface area contributed by atoms with E-state index in [9.17, 15) is 9.90 Å². The Kier molecular flexibility index (Phi) is 2.19. The summed E-state index contributed by atoms with van der Waals surface area (Å²) in [5.74, 6) is 0.795. The zero-order valence-electron chi connectivity index (χ0n) is 8.66. The molecule has 0 radical (unpaired) electrons. The molecule has 1 aliphatic heterocycles. The summed E-state index contributed by atoms with van der Waals surface area (Å²) in [6.45, 7) is 3.83. The highest BCUT2D eigenvalue weighted by Gasteiger charge is 2.16. The highest BCUT2D eigenvalue weighted by molar-refractivity contribution is 6.12. The van der Waals surface area contributed by atoms with E-state index in [1.807, 2.05) is 26.0 Å². The molecule has 1 aromatic carbocycles. The molecule has 78 valence electrons. The van der Waals surface area contributed by atoms with Crippen LogP contribution in [0.2, 0.25) is 0 Å². The first kappa shape index (κ1) is 9.71. The maximum Gasteiger partial charge on any atom is 0.247 e. The highest BCUT2D eigenvalue weighted by Crippen LogP contribution is 2.23. The lowest BCUT2D eigenvalue weighted by molar-refractivity contribution is -0.117. The molecule has 0 fully saturated rings. The molecule has 0 aromatic heterocycles. The quantitative estimate of drug-likeness (QED) is 0.713. The van der Waals surface area contributed by atoms with Crippen molar-refractivity contribution in [2.24, 2.45) is 4.99 Å². The number of phenolic OH excluding ortho intramolecular Hbond substituents is 1. The first-order valence-electron chi connectivity index (χ1n) is 4.73. The molecule has 0 atom stereocenters. The fraction of sp³-hybridized carbons (Fsp3) is 0.273. The first-order valence-corrected chi connectivity index (χ1v) is 4.73. The summed E-state index contributed by atoms with van der Waals surface area (Å²) in [7, 11) is 0. The number of aryl methyl sites for hydroxylation is 2. The Balaban J connectivity index is 2.42. The van der Waals surface area contributed by atoms with Crippen LogP contribution in [0.4, 0.5) is 0 Å². The predicted octanol–water partition coefficient (Wildman–Crippen LogP) is 0.885. The van der Waals surface area contributed by atoms with Crippen LogP contribution in [0.25, 0.3) is 0 Å². The molecule has 1 aliphatic rings. The molecular weight excluding hydrogens is 192 g/mol. The SMILES string of the molecule is Cc1cc(C2=NCC(=O)N2)cc(C)c1O. The van der Waals surface area contributed by atoms with Crippen molar-refractivity contribution in [3.05, 3.63) is 28.8 Å². The average Bonchev–Trinajstić information content (AvgIpc) is 2.60. The van der Waals surface area contributed by atoms with Crippen molar-refractivity contribution in [3.63, 3.8) is 0 Å². The number of benzene rings is 1. The molecule has 0 aliphatic carbocycles. The van der Waals surface area contributed by atoms with E-state index >= 15 is 0 Å². The van der Waals surface area contributed by atoms with Gasteiger partial charge < -0.3 is 10.4 Å². The number of aliphatic imine (C=N–C) groups is 1. The molecule has 0 spiro atoms. The van der Waals surface area contributed by atoms with E-state index in [4.69, 9.17) is 0 Å². The minimum absolute atomic E-state index is 0.0895. The lowest BCUT2D eigenvalue weighted by atomic mass is 10.1. The van der Waals surface area contributed by atoms with Gasteiger partial charge in [0.25, 0.3) is 0 Å². The third-order valence-electron chi connectivity index (χ3n) is 2.40. The van der Waals surface area contributed by atoms with Gasteiger partial charge in [0.1, 0.15) is 18.1 Å². The van der Waals surface area contributed by atoms with E-state index < -0.39 is 0 Å². The molecular formula is C11H12N2O2. The molecule has 15 heavy (non-hydrogen) atoms. The van der Waals surface area contributed by atoms with Crippen LogP contribution in [0.3, 0.4) is 0 Å². The number of hydrogen-bond donors (Lipinski definition) is 2. The second kappa shape index (κ2) is 3.38. The van der Waals surface area contributed by atoms with Gasteiger partial charge >= 0.3 is 0 Å². The van der Waals surface area contributed by atoms with Crippen molar-refractivity contribution in [2.75, 3.05) is 6.54 Å². The number of carbonyl (C=O) groups is 1. The maximum absolute atomic E-state index is 11.0. The highest BCUT2D eigenvalue weighted by atomic mass is 16.3. The van der Waals surface area contributed by atoms with Crippen molar-refractivity contribution in [3.8, 4) is 5.75 Å². The Labute approximate surface area is 87.7 Å². The van der Waals surface area contributed by atoms with Crippen LogP contribution in [0, 0.1) is 13.8 Å². The second-order valence-corrected chi connectivity index (χ2v) is 3.67. The summed E-state index contributed by atoms with van der Waals surface area (Å²) in [6, 6.07) is 3.62. The molecule has 4 heteroatoms. The van der Waals surface area contributed by atoms with Crippen LogP contribution in [0.1, 0.15) is 16.7 Å². The minimum atomic E-state index is -0.0895. The van der Waals surface area contributed by atoms with Gasteiger partial charge in [0.2, 0.25) is 5.91 Å². The van der Waals surface area contributed by atoms with Gasteiger partial charge in [-0.25, -0.2) is 0 Å². The van der Waals surface area contributed by atoms with Crippen LogP contribution >= 0.6 is 0 Å². The zero-order valence-corrected chi connectivity index (χ0v) is 8.66. The summed E-state index contributed by atoms with van der Waals surface area (Å²) >= 11 is 0. The summed E-state index contributed by atoms with van der Waals surface area (Å²) in [5, 5.41) is 12.3. The zero-order chi connectivity index (χ0) is 11.0. The van der Waals surface area contributed by atoms with E-state index in [1.165, 1.54) is 0 Å². The third kappa shape index (κ3) is 1.70. The van der Waals surface area contributed by atoms with Gasteiger partial charge in [-0.1, -0.05) is 0 Å². The summed E-state index contributed by atoms with van der Waals surface area (Å²) in [5.41, 5.74) is 2.41. The fourth-order valence-corrected chi connectivity index (χ4v) is 1.62. The van der Waals surface area contributed by atoms with Crippen LogP contribution in [-0.4, -0.2) is 23.4 Å². The molecule has 0 saturated heterocycles. The summed E-state index contributed by atoms with van der Waals surface area (Å²) < 4.78 is 0. The molecule has 0 bridgehead atoms. The number of nitrogens with zero attached hydrogens (tertiary/aromatic N) is 1. The van der Waals surface area contributed by atoms with Crippen LogP contribution in [0.5, 0.6) is 5.75 Å². The van der Waals surface area contributed by atoms with E-state index in [2.05, 4.69) is 10.3 Å². The smallest absolute Gasteiger partial charge is 0.247 e. The van der Waals surface area contributed by atoms with Crippen molar-refractivity contribution in [2.45, 2.75) is 13.8 Å². The van der Waals surface area contributed by atoms with Gasteiger partial charge in [-0.3, -0.25) is 9.79 Å². The lowest BCUT2D eigenvalue weighted by Crippen LogP contribution is -2.25. The number of amides is 1. The molecule has 1 amide bonds. The summed E-state index contributed by atoms with van der Waals surface area (Å²) in [6.07, 6.45) is 0. The second-order valence-electron chi connectivity index (χ2n) is 3.67. The monoisotopic (exact) mass is 204 g/mol. The molecule has 2 N–H and O–H groups in total. The van der Waals surface area contributed by atoms with Crippen molar-refractivity contribution in [1.29, 1.82) is 0 Å². The molecule has 4 nitrogen and oxygen atoms in total. The Bertz CT molecular complexity index is 441. The maximum atomic E-state index is 11.0. The number of amidine groups is 1. The van der Waals surface area contributed by atoms with Crippen LogP contribution in [-0.2, 0) is 4.79 Å². The van der Waals surface area contributed by atoms with Crippen molar-refractivity contribution in [1.82, 2.24) is 5.32 Å². The first-order chi connectivity index (χ1) is 7.08. The van der Waals surface area contributed by atoms with Gasteiger partial charge in [-0.05, 0) is 37.1 Å². The summed E-state index contributed by atoms with van der Waals surface area (Å²) in [4.78, 5) is 15.1. The van der Waals surface area contributed by atoms with Crippen LogP contribution in [0.15, 0.2) is 17.1 Å². The largest absolute Gasteiger partial charge is 0.507 e. The fourth-order valence-electron chi connectivity index (χ4n) is 1.62. The van der Waals surface area contributed by atoms with Gasteiger partial charge in [-0.2, -0.15) is 0 Å². The molecule has 1 aromatic rings. The van der Waals surface area contributed by atoms with Crippen molar-refractivity contribution >= 4 is 11.7 Å². The number of carbonyl (C=O) groups excluding carboxylic acids is 1. The Morgan fingerprint density at radius 2 is 1.93 bits per heavy atom. The Hall–Kier alpha value is -1.84. The minimum Gasteiger partial charge on any atom is -0.507 e. The third-order valence-corrected chi connectivity index (χ3v) is 2.40. The van der Waals surface area contributed by atoms with E-state index in [1.54, 1.807) is 0 Å². The molecule has 0 unspecified atom stereocenters. The van der Waals surface area contributed by atoms with E-state index in [-0.39, 0.29) is 12.5 Å². The molecule has 1 heterocycles. The topological polar surface area (TPSA) is 61.7 Å². The van der Waals surface area contributed by atoms with E-state index in [0.29, 0.717) is 11.6 Å². The van der Waals surface area contributed by atoms with Gasteiger partial charge in [0, 0.05) is 5.56 Å². The molecule has 2 rings (SSSR count). The number of rotatable bonds is 1. The normalized spacial score (nSPS) is 15.1. The average molecular weight is 204 g/mol. The van der Waals surface area contributed by atoms with Crippen LogP contribution < -0.4 is 5.32 Å². The Morgan fingerprint density at radius 1 is 1.33 bits per heavy atom. The number of nitrogens with one attached hydrogen (secondary N) is 1. The van der Waals surface area contributed by atoms with Crippen molar-refractivity contribution < 1.29 is 9.90 Å². The predicted molar refractivity (Wildman–Crippen MR) is 57.1 cm³/mol. The lowest BCUT2D eigenvalue weighted by Gasteiger charge is -2.07. The Morgan fingerprint density at radius 3 is 2.40 bits per heavy atom. The number of phenols is 1. The van der Waals surface area contributed by atoms with Gasteiger partial charge in [0.15, 0.2) is 0 Å². The number of hydrogen-bond acceptors (Lipinski definition) is 3. The van der Waals surface area contributed by atoms with E-state index in [0.717, 1.165) is 16.7 Å². The molecule has 0 saturated carbocycles. The number of aromatic hydroxyl groups is 1. The van der Waals surface area contributed by atoms with Gasteiger partial charge in [-0.15, -0.1) is 0 Å². The van der Waals surface area contributed by atoms with Gasteiger partial charge in [0.05, 0.1) is 0 Å².